The summed E-state index contributed by atoms with van der Waals surface area (Å²) < 4.78 is 0. The number of aliphatic hydroxyl groups excluding tert-OH is 1. The first-order valence-corrected chi connectivity index (χ1v) is 6.32. The van der Waals surface area contributed by atoms with Crippen molar-refractivity contribution in [2.24, 2.45) is 0 Å². The van der Waals surface area contributed by atoms with Crippen LogP contribution in [-0.4, -0.2) is 17.3 Å². The van der Waals surface area contributed by atoms with Crippen molar-refractivity contribution in [3.63, 3.8) is 0 Å². The molecule has 1 aliphatic rings. The van der Waals surface area contributed by atoms with Crippen LogP contribution < -0.4 is 5.32 Å². The van der Waals surface area contributed by atoms with Gasteiger partial charge in [0, 0.05) is 0 Å². The van der Waals surface area contributed by atoms with Gasteiger partial charge in [-0.05, 0) is 25.0 Å². The average Bonchev–Trinajstić information content (AvgIpc) is 2.28. The summed E-state index contributed by atoms with van der Waals surface area (Å²) in [4.78, 5) is 0. The van der Waals surface area contributed by atoms with E-state index in [2.05, 4.69) is 5.32 Å². The molecule has 1 saturated carbocycles. The molecule has 0 heterocycles. The van der Waals surface area contributed by atoms with Gasteiger partial charge in [-0.1, -0.05) is 42.1 Å². The monoisotopic (exact) mass is 259 g/mol. The van der Waals surface area contributed by atoms with Crippen LogP contribution in [0.4, 0.5) is 5.69 Å². The summed E-state index contributed by atoms with van der Waals surface area (Å²) in [5.74, 6) is 0. The maximum atomic E-state index is 9.85. The summed E-state index contributed by atoms with van der Waals surface area (Å²) in [6.45, 7) is 0. The summed E-state index contributed by atoms with van der Waals surface area (Å²) in [7, 11) is 0. The van der Waals surface area contributed by atoms with Gasteiger partial charge in [-0.15, -0.1) is 0 Å². The minimum Gasteiger partial charge on any atom is -0.391 e. The fourth-order valence-electron chi connectivity index (χ4n) is 2.09. The Kier molecular flexibility index (Phi) is 3.95. The molecule has 2 N–H and O–H groups in total. The molecule has 0 radical (unpaired) electrons. The topological polar surface area (TPSA) is 32.3 Å². The van der Waals surface area contributed by atoms with E-state index in [1.165, 1.54) is 0 Å². The third-order valence-corrected chi connectivity index (χ3v) is 3.84. The third kappa shape index (κ3) is 2.62. The van der Waals surface area contributed by atoms with Gasteiger partial charge in [-0.2, -0.15) is 0 Å². The molecule has 2 atom stereocenters. The van der Waals surface area contributed by atoms with E-state index in [1.54, 1.807) is 6.07 Å². The van der Waals surface area contributed by atoms with Crippen LogP contribution in [0.3, 0.4) is 0 Å². The van der Waals surface area contributed by atoms with Crippen molar-refractivity contribution in [2.45, 2.75) is 37.8 Å². The average molecular weight is 260 g/mol. The van der Waals surface area contributed by atoms with Crippen LogP contribution in [0.1, 0.15) is 25.7 Å². The van der Waals surface area contributed by atoms with Crippen LogP contribution in [0.5, 0.6) is 0 Å². The summed E-state index contributed by atoms with van der Waals surface area (Å²) in [5, 5.41) is 14.2. The highest BCUT2D eigenvalue weighted by Crippen LogP contribution is 2.31. The van der Waals surface area contributed by atoms with Gasteiger partial charge >= 0.3 is 0 Å². The van der Waals surface area contributed by atoms with Crippen LogP contribution in [0.2, 0.25) is 10.0 Å². The smallest absolute Gasteiger partial charge is 0.0823 e. The molecule has 0 spiro atoms. The van der Waals surface area contributed by atoms with Crippen LogP contribution in [0.15, 0.2) is 18.2 Å². The maximum Gasteiger partial charge on any atom is 0.0823 e. The van der Waals surface area contributed by atoms with E-state index in [9.17, 15) is 5.11 Å². The van der Waals surface area contributed by atoms with Crippen LogP contribution in [0, 0.1) is 0 Å². The molecule has 0 saturated heterocycles. The fourth-order valence-corrected chi connectivity index (χ4v) is 2.45. The van der Waals surface area contributed by atoms with E-state index < -0.39 is 0 Å². The highest BCUT2D eigenvalue weighted by Gasteiger charge is 2.23. The van der Waals surface area contributed by atoms with E-state index in [0.717, 1.165) is 31.4 Å². The summed E-state index contributed by atoms with van der Waals surface area (Å²) >= 11 is 12.0. The van der Waals surface area contributed by atoms with Gasteiger partial charge in [0.05, 0.1) is 27.9 Å². The van der Waals surface area contributed by atoms with Crippen molar-refractivity contribution in [1.29, 1.82) is 0 Å². The van der Waals surface area contributed by atoms with Crippen molar-refractivity contribution in [1.82, 2.24) is 0 Å². The number of hydrogen-bond donors (Lipinski definition) is 2. The van der Waals surface area contributed by atoms with E-state index >= 15 is 0 Å². The molecule has 2 rings (SSSR count). The maximum absolute atomic E-state index is 9.85. The highest BCUT2D eigenvalue weighted by atomic mass is 35.5. The van der Waals surface area contributed by atoms with Crippen molar-refractivity contribution in [3.05, 3.63) is 28.2 Å². The number of aliphatic hydroxyl groups is 1. The first kappa shape index (κ1) is 12.0. The SMILES string of the molecule is OC1CCCCC1Nc1cccc(Cl)c1Cl. The highest BCUT2D eigenvalue weighted by molar-refractivity contribution is 6.43. The standard InChI is InChI=1S/C12H15Cl2NO/c13-8-4-3-6-10(12(8)14)15-9-5-1-2-7-11(9)16/h3-4,6,9,11,15-16H,1-2,5,7H2. The first-order chi connectivity index (χ1) is 7.68. The Hall–Kier alpha value is -0.440. The molecule has 1 fully saturated rings. The quantitative estimate of drug-likeness (QED) is 0.849. The van der Waals surface area contributed by atoms with Crippen LogP contribution >= 0.6 is 23.2 Å². The second-order valence-electron chi connectivity index (χ2n) is 4.20. The largest absolute Gasteiger partial charge is 0.391 e. The second-order valence-corrected chi connectivity index (χ2v) is 4.99. The molecule has 88 valence electrons. The summed E-state index contributed by atoms with van der Waals surface area (Å²) in [5.41, 5.74) is 0.806. The van der Waals surface area contributed by atoms with Gasteiger partial charge < -0.3 is 10.4 Å². The Bertz CT molecular complexity index is 370. The molecule has 1 aromatic carbocycles. The van der Waals surface area contributed by atoms with Gasteiger partial charge in [-0.25, -0.2) is 0 Å². The molecular weight excluding hydrogens is 245 g/mol. The third-order valence-electron chi connectivity index (χ3n) is 3.02. The number of nitrogens with one attached hydrogen (secondary N) is 1. The Morgan fingerprint density at radius 2 is 1.94 bits per heavy atom. The molecule has 0 aromatic heterocycles. The lowest BCUT2D eigenvalue weighted by Crippen LogP contribution is -2.36. The number of benzene rings is 1. The fraction of sp³-hybridized carbons (Fsp3) is 0.500. The van der Waals surface area contributed by atoms with E-state index in [-0.39, 0.29) is 12.1 Å². The lowest BCUT2D eigenvalue weighted by atomic mass is 9.92. The Balaban J connectivity index is 2.10. The number of hydrogen-bond acceptors (Lipinski definition) is 2. The molecule has 0 bridgehead atoms. The molecule has 0 amide bonds. The number of rotatable bonds is 2. The molecule has 1 aliphatic carbocycles. The zero-order valence-electron chi connectivity index (χ0n) is 8.92. The van der Waals surface area contributed by atoms with Crippen molar-refractivity contribution in [2.75, 3.05) is 5.32 Å². The molecule has 4 heteroatoms. The predicted molar refractivity (Wildman–Crippen MR) is 68.3 cm³/mol. The predicted octanol–water partition coefficient (Wildman–Crippen LogP) is 3.71. The minimum atomic E-state index is -0.288. The van der Waals surface area contributed by atoms with Gasteiger partial charge in [0.1, 0.15) is 0 Å². The van der Waals surface area contributed by atoms with Gasteiger partial charge in [-0.3, -0.25) is 0 Å². The van der Waals surface area contributed by atoms with E-state index in [1.807, 2.05) is 12.1 Å². The number of halogens is 2. The normalized spacial score (nSPS) is 25.4. The Morgan fingerprint density at radius 1 is 1.19 bits per heavy atom. The molecule has 1 aromatic rings. The van der Waals surface area contributed by atoms with Crippen molar-refractivity contribution in [3.8, 4) is 0 Å². The molecule has 16 heavy (non-hydrogen) atoms. The zero-order valence-corrected chi connectivity index (χ0v) is 10.4. The Labute approximate surface area is 106 Å². The molecule has 2 unspecified atom stereocenters. The van der Waals surface area contributed by atoms with Crippen LogP contribution in [-0.2, 0) is 0 Å². The van der Waals surface area contributed by atoms with Crippen molar-refractivity contribution < 1.29 is 5.11 Å². The molecular formula is C12H15Cl2NO. The van der Waals surface area contributed by atoms with E-state index in [0.29, 0.717) is 10.0 Å². The zero-order chi connectivity index (χ0) is 11.5. The summed E-state index contributed by atoms with van der Waals surface area (Å²) in [6.07, 6.45) is 3.79. The molecule has 0 aliphatic heterocycles. The van der Waals surface area contributed by atoms with Gasteiger partial charge in [0.25, 0.3) is 0 Å². The van der Waals surface area contributed by atoms with Crippen molar-refractivity contribution >= 4 is 28.9 Å². The summed E-state index contributed by atoms with van der Waals surface area (Å²) in [6, 6.07) is 5.58. The first-order valence-electron chi connectivity index (χ1n) is 5.57. The lowest BCUT2D eigenvalue weighted by Gasteiger charge is -2.29. The minimum absolute atomic E-state index is 0.0877. The number of anilines is 1. The van der Waals surface area contributed by atoms with Gasteiger partial charge in [0.15, 0.2) is 0 Å². The molecule has 2 nitrogen and oxygen atoms in total. The van der Waals surface area contributed by atoms with Crippen LogP contribution in [0.25, 0.3) is 0 Å². The van der Waals surface area contributed by atoms with Gasteiger partial charge in [0.2, 0.25) is 0 Å². The van der Waals surface area contributed by atoms with E-state index in [4.69, 9.17) is 23.2 Å². The Morgan fingerprint density at radius 3 is 2.69 bits per heavy atom. The lowest BCUT2D eigenvalue weighted by molar-refractivity contribution is 0.116. The second kappa shape index (κ2) is 5.26.